The summed E-state index contributed by atoms with van der Waals surface area (Å²) in [6, 6.07) is 5.72. The second-order valence-electron chi connectivity index (χ2n) is 5.30. The third-order valence-electron chi connectivity index (χ3n) is 3.63. The lowest BCUT2D eigenvalue weighted by molar-refractivity contribution is -0.121. The predicted octanol–water partition coefficient (Wildman–Crippen LogP) is 3.88. The smallest absolute Gasteiger partial charge is 0.267 e. The molecule has 0 saturated carbocycles. The summed E-state index contributed by atoms with van der Waals surface area (Å²) in [6.45, 7) is 4.12. The molecule has 1 amide bonds. The van der Waals surface area contributed by atoms with Gasteiger partial charge in [0, 0.05) is 36.1 Å². The van der Waals surface area contributed by atoms with Crippen LogP contribution in [0.4, 0.5) is 5.13 Å². The van der Waals surface area contributed by atoms with Gasteiger partial charge in [-0.05, 0) is 23.9 Å². The van der Waals surface area contributed by atoms with Gasteiger partial charge in [0.15, 0.2) is 5.17 Å². The number of aliphatic imine (C=N–C) groups is 1. The van der Waals surface area contributed by atoms with Gasteiger partial charge in [0.05, 0.1) is 15.9 Å². The van der Waals surface area contributed by atoms with Crippen molar-refractivity contribution in [2.75, 3.05) is 6.54 Å². The highest BCUT2D eigenvalue weighted by molar-refractivity contribution is 8.18. The lowest BCUT2D eigenvalue weighted by Gasteiger charge is -2.11. The maximum absolute atomic E-state index is 12.8. The molecule has 0 aliphatic carbocycles. The second-order valence-corrected chi connectivity index (χ2v) is 7.18. The number of aromatic nitrogens is 3. The Labute approximate surface area is 158 Å². The van der Waals surface area contributed by atoms with Crippen molar-refractivity contribution < 1.29 is 4.79 Å². The first-order chi connectivity index (χ1) is 12.8. The number of amides is 1. The van der Waals surface area contributed by atoms with E-state index >= 15 is 0 Å². The number of benzene rings is 1. The van der Waals surface area contributed by atoms with Gasteiger partial charge in [-0.25, -0.2) is 4.98 Å². The fraction of sp³-hybridized carbons (Fsp3) is 0.0556. The summed E-state index contributed by atoms with van der Waals surface area (Å²) in [5.41, 5.74) is 2.40. The maximum Gasteiger partial charge on any atom is 0.267 e. The third-order valence-corrected chi connectivity index (χ3v) is 5.30. The molecule has 3 aromatic rings. The Kier molecular flexibility index (Phi) is 4.59. The van der Waals surface area contributed by atoms with Crippen molar-refractivity contribution in [1.29, 1.82) is 0 Å². The molecule has 8 heteroatoms. The zero-order chi connectivity index (χ0) is 17.9. The molecule has 0 N–H and O–H groups in total. The number of amidine groups is 1. The topological polar surface area (TPSA) is 71.3 Å². The number of hydrogen-bond acceptors (Lipinski definition) is 7. The average Bonchev–Trinajstić information content (AvgIpc) is 3.27. The minimum atomic E-state index is -0.105. The predicted molar refractivity (Wildman–Crippen MR) is 106 cm³/mol. The molecule has 0 bridgehead atoms. The molecule has 1 fully saturated rings. The second kappa shape index (κ2) is 7.19. The largest absolute Gasteiger partial charge is 0.282 e. The number of fused-ring (bicyclic) bond motifs is 1. The van der Waals surface area contributed by atoms with Gasteiger partial charge in [0.2, 0.25) is 5.13 Å². The molecule has 1 aliphatic heterocycles. The van der Waals surface area contributed by atoms with Crippen LogP contribution in [0.5, 0.6) is 0 Å². The van der Waals surface area contributed by atoms with Gasteiger partial charge in [-0.15, -0.1) is 17.9 Å². The van der Waals surface area contributed by atoms with Crippen molar-refractivity contribution in [2.24, 2.45) is 4.99 Å². The molecule has 0 radical (unpaired) electrons. The highest BCUT2D eigenvalue weighted by atomic mass is 32.2. The van der Waals surface area contributed by atoms with Crippen LogP contribution in [0.2, 0.25) is 0 Å². The van der Waals surface area contributed by atoms with Crippen LogP contribution in [0.3, 0.4) is 0 Å². The molecule has 0 atom stereocenters. The number of nitrogens with zero attached hydrogens (tertiary/aromatic N) is 5. The Hall–Kier alpha value is -2.84. The Balaban J connectivity index is 1.75. The molecule has 0 unspecified atom stereocenters. The van der Waals surface area contributed by atoms with Crippen LogP contribution in [0.25, 0.3) is 17.1 Å². The minimum absolute atomic E-state index is 0.105. The number of rotatable bonds is 4. The zero-order valence-corrected chi connectivity index (χ0v) is 15.2. The molecular formula is C18H13N5OS2. The highest BCUT2D eigenvalue weighted by Crippen LogP contribution is 2.35. The Morgan fingerprint density at radius 1 is 1.19 bits per heavy atom. The van der Waals surface area contributed by atoms with Crippen molar-refractivity contribution in [2.45, 2.75) is 0 Å². The van der Waals surface area contributed by atoms with Gasteiger partial charge < -0.3 is 0 Å². The monoisotopic (exact) mass is 379 g/mol. The Morgan fingerprint density at radius 3 is 2.88 bits per heavy atom. The van der Waals surface area contributed by atoms with Gasteiger partial charge in [-0.1, -0.05) is 18.2 Å². The normalized spacial score (nSPS) is 17.5. The van der Waals surface area contributed by atoms with E-state index in [1.807, 2.05) is 29.7 Å². The van der Waals surface area contributed by atoms with E-state index in [0.717, 1.165) is 16.6 Å². The Bertz CT molecular complexity index is 1040. The van der Waals surface area contributed by atoms with E-state index in [2.05, 4.69) is 26.5 Å². The molecular weight excluding hydrogens is 366 g/mol. The van der Waals surface area contributed by atoms with E-state index in [9.17, 15) is 4.79 Å². The molecule has 26 heavy (non-hydrogen) atoms. The van der Waals surface area contributed by atoms with Crippen molar-refractivity contribution in [3.8, 4) is 0 Å². The van der Waals surface area contributed by atoms with Crippen LogP contribution in [0.1, 0.15) is 5.56 Å². The van der Waals surface area contributed by atoms with Crippen molar-refractivity contribution in [3.63, 3.8) is 0 Å². The fourth-order valence-corrected chi connectivity index (χ4v) is 4.05. The molecule has 0 spiro atoms. The first-order valence-electron chi connectivity index (χ1n) is 7.76. The third kappa shape index (κ3) is 3.16. The number of hydrogen-bond donors (Lipinski definition) is 0. The number of carbonyl (C=O) groups is 1. The van der Waals surface area contributed by atoms with Crippen molar-refractivity contribution in [1.82, 2.24) is 19.9 Å². The summed E-state index contributed by atoms with van der Waals surface area (Å²) < 4.78 is 0. The summed E-state index contributed by atoms with van der Waals surface area (Å²) in [6.07, 6.45) is 8.51. The Morgan fingerprint density at radius 2 is 2.08 bits per heavy atom. The first kappa shape index (κ1) is 16.6. The van der Waals surface area contributed by atoms with Crippen LogP contribution in [0.15, 0.2) is 64.7 Å². The van der Waals surface area contributed by atoms with E-state index < -0.39 is 0 Å². The van der Waals surface area contributed by atoms with Gasteiger partial charge in [-0.3, -0.25) is 19.7 Å². The SMILES string of the molecule is C=CCN1C(=O)/C(=C/c2cccc3nccnc23)S/C1=N/c1nccs1. The number of thiazole rings is 1. The first-order valence-corrected chi connectivity index (χ1v) is 9.46. The molecule has 1 aliphatic rings. The quantitative estimate of drug-likeness (QED) is 0.508. The fourth-order valence-electron chi connectivity index (χ4n) is 2.51. The van der Waals surface area contributed by atoms with E-state index in [0.29, 0.717) is 21.7 Å². The lowest BCUT2D eigenvalue weighted by Crippen LogP contribution is -2.29. The molecule has 1 saturated heterocycles. The highest BCUT2D eigenvalue weighted by Gasteiger charge is 2.33. The molecule has 1 aromatic carbocycles. The van der Waals surface area contributed by atoms with Crippen LogP contribution in [0, 0.1) is 0 Å². The van der Waals surface area contributed by atoms with Crippen LogP contribution in [-0.4, -0.2) is 37.5 Å². The number of thioether (sulfide) groups is 1. The summed E-state index contributed by atoms with van der Waals surface area (Å²) in [4.78, 5) is 32.4. The van der Waals surface area contributed by atoms with E-state index in [4.69, 9.17) is 0 Å². The summed E-state index contributed by atoms with van der Waals surface area (Å²) in [5.74, 6) is -0.105. The number of carbonyl (C=O) groups excluding carboxylic acids is 1. The van der Waals surface area contributed by atoms with Gasteiger partial charge in [-0.2, -0.15) is 4.99 Å². The average molecular weight is 379 g/mol. The van der Waals surface area contributed by atoms with Crippen molar-refractivity contribution in [3.05, 3.63) is 65.3 Å². The number of para-hydroxylation sites is 1. The zero-order valence-electron chi connectivity index (χ0n) is 13.6. The minimum Gasteiger partial charge on any atom is -0.282 e. The van der Waals surface area contributed by atoms with E-state index in [1.54, 1.807) is 29.6 Å². The maximum atomic E-state index is 12.8. The summed E-state index contributed by atoms with van der Waals surface area (Å²) in [7, 11) is 0. The van der Waals surface area contributed by atoms with Crippen molar-refractivity contribution >= 4 is 56.4 Å². The van der Waals surface area contributed by atoms with E-state index in [1.165, 1.54) is 23.1 Å². The summed E-state index contributed by atoms with van der Waals surface area (Å²) >= 11 is 2.75. The van der Waals surface area contributed by atoms with Crippen LogP contribution < -0.4 is 0 Å². The standard InChI is InChI=1S/C18H13N5OS2/c1-2-9-23-16(24)14(26-18(23)22-17-21-8-10-25-17)11-12-4-3-5-13-15(12)20-7-6-19-13/h2-8,10-11H,1,9H2/b14-11-,22-18+. The van der Waals surface area contributed by atoms with Crippen LogP contribution >= 0.6 is 23.1 Å². The van der Waals surface area contributed by atoms with Gasteiger partial charge in [0.25, 0.3) is 5.91 Å². The molecule has 4 rings (SSSR count). The molecule has 6 nitrogen and oxygen atoms in total. The van der Waals surface area contributed by atoms with Crippen LogP contribution in [-0.2, 0) is 4.79 Å². The van der Waals surface area contributed by atoms with E-state index in [-0.39, 0.29) is 5.91 Å². The molecule has 128 valence electrons. The lowest BCUT2D eigenvalue weighted by atomic mass is 10.1. The molecule has 2 aromatic heterocycles. The van der Waals surface area contributed by atoms with Gasteiger partial charge >= 0.3 is 0 Å². The summed E-state index contributed by atoms with van der Waals surface area (Å²) in [5, 5.41) is 3.07. The van der Waals surface area contributed by atoms with Gasteiger partial charge in [0.1, 0.15) is 0 Å². The molecule has 3 heterocycles.